The summed E-state index contributed by atoms with van der Waals surface area (Å²) in [5.41, 5.74) is -1.15. The Morgan fingerprint density at radius 1 is 1.55 bits per heavy atom. The van der Waals surface area contributed by atoms with Crippen molar-refractivity contribution in [1.29, 1.82) is 0 Å². The summed E-state index contributed by atoms with van der Waals surface area (Å²) < 4.78 is 38.5. The molecule has 0 spiro atoms. The maximum Gasteiger partial charge on any atom is 0.286 e. The van der Waals surface area contributed by atoms with Crippen LogP contribution in [0.5, 0.6) is 0 Å². The lowest BCUT2D eigenvalue weighted by atomic mass is 10.2. The molecule has 0 radical (unpaired) electrons. The highest BCUT2D eigenvalue weighted by atomic mass is 19.3. The minimum atomic E-state index is -2.78. The summed E-state index contributed by atoms with van der Waals surface area (Å²) in [6.07, 6.45) is -0.248. The SMILES string of the molecule is O=C(Nc1cc(F)c(=O)n(CC(F)F)c1)[C@H]1CCCN1. The molecule has 0 aliphatic carbocycles. The van der Waals surface area contributed by atoms with Crippen molar-refractivity contribution in [2.75, 3.05) is 11.9 Å². The largest absolute Gasteiger partial charge is 0.323 e. The van der Waals surface area contributed by atoms with Crippen LogP contribution in [0.3, 0.4) is 0 Å². The smallest absolute Gasteiger partial charge is 0.286 e. The molecule has 20 heavy (non-hydrogen) atoms. The van der Waals surface area contributed by atoms with E-state index in [9.17, 15) is 22.8 Å². The molecule has 110 valence electrons. The van der Waals surface area contributed by atoms with Gasteiger partial charge in [-0.25, -0.2) is 13.2 Å². The molecule has 0 unspecified atom stereocenters. The zero-order valence-electron chi connectivity index (χ0n) is 10.5. The van der Waals surface area contributed by atoms with Crippen molar-refractivity contribution in [1.82, 2.24) is 9.88 Å². The number of hydrogen-bond acceptors (Lipinski definition) is 3. The molecule has 1 saturated heterocycles. The van der Waals surface area contributed by atoms with Gasteiger partial charge in [0.1, 0.15) is 0 Å². The number of anilines is 1. The third-order valence-electron chi connectivity index (χ3n) is 3.02. The van der Waals surface area contributed by atoms with E-state index in [1.54, 1.807) is 0 Å². The van der Waals surface area contributed by atoms with E-state index >= 15 is 0 Å². The monoisotopic (exact) mass is 289 g/mol. The van der Waals surface area contributed by atoms with Gasteiger partial charge in [-0.05, 0) is 19.4 Å². The maximum absolute atomic E-state index is 13.4. The molecule has 1 amide bonds. The molecule has 2 rings (SSSR count). The van der Waals surface area contributed by atoms with E-state index in [0.29, 0.717) is 11.0 Å². The summed E-state index contributed by atoms with van der Waals surface area (Å²) in [6, 6.07) is 0.450. The van der Waals surface area contributed by atoms with Gasteiger partial charge < -0.3 is 15.2 Å². The van der Waals surface area contributed by atoms with Gasteiger partial charge in [0.2, 0.25) is 5.91 Å². The van der Waals surface area contributed by atoms with E-state index in [2.05, 4.69) is 10.6 Å². The van der Waals surface area contributed by atoms with Crippen molar-refractivity contribution >= 4 is 11.6 Å². The molecule has 1 atom stereocenters. The van der Waals surface area contributed by atoms with Crippen molar-refractivity contribution in [3.63, 3.8) is 0 Å². The first kappa shape index (κ1) is 14.6. The molecule has 2 N–H and O–H groups in total. The van der Waals surface area contributed by atoms with Crippen molar-refractivity contribution in [3.05, 3.63) is 28.4 Å². The van der Waals surface area contributed by atoms with Crippen molar-refractivity contribution < 1.29 is 18.0 Å². The highest BCUT2D eigenvalue weighted by molar-refractivity contribution is 5.94. The molecule has 2 heterocycles. The summed E-state index contributed by atoms with van der Waals surface area (Å²) in [5.74, 6) is -1.55. The Kier molecular flexibility index (Phi) is 4.43. The fraction of sp³-hybridized carbons (Fsp3) is 0.500. The number of carbonyl (C=O) groups is 1. The number of nitrogens with zero attached hydrogens (tertiary/aromatic N) is 1. The van der Waals surface area contributed by atoms with Crippen molar-refractivity contribution in [3.8, 4) is 0 Å². The molecule has 1 aliphatic rings. The zero-order valence-corrected chi connectivity index (χ0v) is 10.5. The topological polar surface area (TPSA) is 63.1 Å². The van der Waals surface area contributed by atoms with Crippen molar-refractivity contribution in [2.24, 2.45) is 0 Å². The van der Waals surface area contributed by atoms with Crippen LogP contribution in [0.15, 0.2) is 17.1 Å². The lowest BCUT2D eigenvalue weighted by Crippen LogP contribution is -2.36. The van der Waals surface area contributed by atoms with Gasteiger partial charge in [-0.3, -0.25) is 9.59 Å². The van der Waals surface area contributed by atoms with Crippen LogP contribution < -0.4 is 16.2 Å². The molecule has 0 bridgehead atoms. The van der Waals surface area contributed by atoms with Gasteiger partial charge in [0.15, 0.2) is 5.82 Å². The normalized spacial score (nSPS) is 18.5. The highest BCUT2D eigenvalue weighted by Gasteiger charge is 2.22. The standard InChI is InChI=1S/C12H14F3N3O2/c13-8-4-7(5-18(12(8)20)6-10(14)15)17-11(19)9-2-1-3-16-9/h4-5,9-10,16H,1-3,6H2,(H,17,19)/t9-/m1/s1. The van der Waals surface area contributed by atoms with Crippen LogP contribution >= 0.6 is 0 Å². The minimum Gasteiger partial charge on any atom is -0.323 e. The van der Waals surface area contributed by atoms with Gasteiger partial charge in [0, 0.05) is 12.3 Å². The van der Waals surface area contributed by atoms with Crippen LogP contribution in [0.2, 0.25) is 0 Å². The third-order valence-corrected chi connectivity index (χ3v) is 3.02. The number of nitrogens with one attached hydrogen (secondary N) is 2. The van der Waals surface area contributed by atoms with E-state index in [4.69, 9.17) is 0 Å². The lowest BCUT2D eigenvalue weighted by Gasteiger charge is -2.13. The number of rotatable bonds is 4. The number of halogens is 3. The number of carbonyl (C=O) groups excluding carboxylic acids is 1. The number of hydrogen-bond donors (Lipinski definition) is 2. The summed E-state index contributed by atoms with van der Waals surface area (Å²) in [4.78, 5) is 23.1. The second kappa shape index (κ2) is 6.08. The van der Waals surface area contributed by atoms with Gasteiger partial charge in [-0.1, -0.05) is 0 Å². The molecule has 1 aromatic heterocycles. The second-order valence-electron chi connectivity index (χ2n) is 4.56. The van der Waals surface area contributed by atoms with Gasteiger partial charge in [0.05, 0.1) is 18.3 Å². The summed E-state index contributed by atoms with van der Waals surface area (Å²) in [5, 5.41) is 5.37. The van der Waals surface area contributed by atoms with E-state index < -0.39 is 24.3 Å². The van der Waals surface area contributed by atoms with Crippen LogP contribution in [0, 0.1) is 5.82 Å². The van der Waals surface area contributed by atoms with Crippen LogP contribution in [0.25, 0.3) is 0 Å². The second-order valence-corrected chi connectivity index (χ2v) is 4.56. The Morgan fingerprint density at radius 2 is 2.30 bits per heavy atom. The van der Waals surface area contributed by atoms with Gasteiger partial charge >= 0.3 is 0 Å². The first-order valence-corrected chi connectivity index (χ1v) is 6.20. The number of pyridine rings is 1. The van der Waals surface area contributed by atoms with Gasteiger partial charge in [0.25, 0.3) is 12.0 Å². The van der Waals surface area contributed by atoms with Crippen LogP contribution in [-0.4, -0.2) is 29.5 Å². The molecule has 0 saturated carbocycles. The number of alkyl halides is 2. The predicted octanol–water partition coefficient (Wildman–Crippen LogP) is 0.943. The predicted molar refractivity (Wildman–Crippen MR) is 66.3 cm³/mol. The summed E-state index contributed by atoms with van der Waals surface area (Å²) in [7, 11) is 0. The van der Waals surface area contributed by atoms with E-state index in [0.717, 1.165) is 25.2 Å². The Morgan fingerprint density at radius 3 is 2.90 bits per heavy atom. The maximum atomic E-state index is 13.4. The Bertz CT molecular complexity index is 553. The fourth-order valence-corrected chi connectivity index (χ4v) is 2.09. The van der Waals surface area contributed by atoms with E-state index in [-0.39, 0.29) is 17.6 Å². The highest BCUT2D eigenvalue weighted by Crippen LogP contribution is 2.11. The molecular weight excluding hydrogens is 275 g/mol. The van der Waals surface area contributed by atoms with Crippen LogP contribution in [0.4, 0.5) is 18.9 Å². The quantitative estimate of drug-likeness (QED) is 0.867. The molecule has 1 aliphatic heterocycles. The van der Waals surface area contributed by atoms with E-state index in [1.165, 1.54) is 0 Å². The number of aromatic nitrogens is 1. The lowest BCUT2D eigenvalue weighted by molar-refractivity contribution is -0.117. The molecular formula is C12H14F3N3O2. The Balaban J connectivity index is 2.17. The van der Waals surface area contributed by atoms with Gasteiger partial charge in [-0.15, -0.1) is 0 Å². The average Bonchev–Trinajstić information content (AvgIpc) is 2.88. The number of amides is 1. The summed E-state index contributed by atoms with van der Waals surface area (Å²) >= 11 is 0. The minimum absolute atomic E-state index is 0.0125. The summed E-state index contributed by atoms with van der Waals surface area (Å²) in [6.45, 7) is -0.196. The fourth-order valence-electron chi connectivity index (χ4n) is 2.09. The van der Waals surface area contributed by atoms with E-state index in [1.807, 2.05) is 0 Å². The zero-order chi connectivity index (χ0) is 14.7. The average molecular weight is 289 g/mol. The molecule has 0 aromatic carbocycles. The van der Waals surface area contributed by atoms with Crippen molar-refractivity contribution in [2.45, 2.75) is 31.9 Å². The Labute approximate surface area is 112 Å². The molecule has 1 aromatic rings. The molecule has 5 nitrogen and oxygen atoms in total. The molecule has 8 heteroatoms. The van der Waals surface area contributed by atoms with Crippen LogP contribution in [0.1, 0.15) is 12.8 Å². The first-order chi connectivity index (χ1) is 9.47. The third kappa shape index (κ3) is 3.38. The van der Waals surface area contributed by atoms with Gasteiger partial charge in [-0.2, -0.15) is 0 Å². The molecule has 1 fully saturated rings. The Hall–Kier alpha value is -1.83. The van der Waals surface area contributed by atoms with Crippen LogP contribution in [-0.2, 0) is 11.3 Å². The first-order valence-electron chi connectivity index (χ1n) is 6.20.